The normalized spacial score (nSPS) is 27.1. The Morgan fingerprint density at radius 2 is 1.91 bits per heavy atom. The highest BCUT2D eigenvalue weighted by molar-refractivity contribution is 9.09. The number of nitrogens with zero attached hydrogens (tertiary/aromatic N) is 3. The molecule has 0 N–H and O–H groups in total. The number of alkyl halides is 1. The van der Waals surface area contributed by atoms with Crippen molar-refractivity contribution in [3.8, 4) is 0 Å². The summed E-state index contributed by atoms with van der Waals surface area (Å²) in [6, 6.07) is 10.5. The molecule has 0 spiro atoms. The van der Waals surface area contributed by atoms with Gasteiger partial charge in [-0.1, -0.05) is 22.0 Å². The molecular weight excluding hydrogens is 478 g/mol. The Labute approximate surface area is 192 Å². The maximum Gasteiger partial charge on any atom is 0.295 e. The Balaban J connectivity index is 1.64. The highest BCUT2D eigenvalue weighted by Gasteiger charge is 2.53. The van der Waals surface area contributed by atoms with E-state index in [1.165, 1.54) is 17.0 Å². The molecule has 0 saturated heterocycles. The Bertz CT molecular complexity index is 1160. The summed E-state index contributed by atoms with van der Waals surface area (Å²) in [5.74, 6) is -0.339. The van der Waals surface area contributed by atoms with Gasteiger partial charge in [-0.2, -0.15) is 0 Å². The number of hydrogen-bond acceptors (Lipinski definition) is 6. The molecule has 5 rings (SSSR count). The lowest BCUT2D eigenvalue weighted by Crippen LogP contribution is -2.41. The van der Waals surface area contributed by atoms with Gasteiger partial charge in [0, 0.05) is 22.7 Å². The number of aromatic nitrogens is 1. The molecule has 164 valence electrons. The Hall–Kier alpha value is -3.07. The number of ether oxygens (including phenoxy) is 1. The smallest absolute Gasteiger partial charge is 0.295 e. The standard InChI is InChI=1S/C23H20BrN3O5/c1-12-3-2-4-18(25-12)26-20(13-5-8-15(9-6-13)27(30)31)19-21(28)16-11-14(24)7-10-17(16)32-22(19)23(26)29/h2-6,8-9,14,16-17,20H,7,10-11H2,1H3. The zero-order valence-electron chi connectivity index (χ0n) is 17.2. The zero-order valence-corrected chi connectivity index (χ0v) is 18.8. The van der Waals surface area contributed by atoms with E-state index in [1.807, 2.05) is 13.0 Å². The molecule has 0 radical (unpaired) electrons. The van der Waals surface area contributed by atoms with Crippen molar-refractivity contribution in [2.75, 3.05) is 4.90 Å². The monoisotopic (exact) mass is 497 g/mol. The second kappa shape index (κ2) is 7.81. The number of non-ortho nitro benzene ring substituents is 1. The summed E-state index contributed by atoms with van der Waals surface area (Å²) in [6.45, 7) is 1.82. The van der Waals surface area contributed by atoms with Crippen LogP contribution in [-0.4, -0.2) is 32.5 Å². The largest absolute Gasteiger partial charge is 0.483 e. The number of carbonyl (C=O) groups is 2. The number of benzene rings is 1. The van der Waals surface area contributed by atoms with E-state index in [0.717, 1.165) is 12.1 Å². The topological polar surface area (TPSA) is 103 Å². The van der Waals surface area contributed by atoms with Gasteiger partial charge in [0.2, 0.25) is 0 Å². The minimum absolute atomic E-state index is 0.0618. The quantitative estimate of drug-likeness (QED) is 0.358. The van der Waals surface area contributed by atoms with Gasteiger partial charge in [0.15, 0.2) is 11.5 Å². The number of rotatable bonds is 3. The molecule has 1 aromatic carbocycles. The molecule has 1 fully saturated rings. The fourth-order valence-corrected chi connectivity index (χ4v) is 5.48. The molecule has 4 atom stereocenters. The third-order valence-electron chi connectivity index (χ3n) is 6.32. The molecule has 3 heterocycles. The summed E-state index contributed by atoms with van der Waals surface area (Å²) in [6.07, 6.45) is 1.90. The van der Waals surface area contributed by atoms with Crippen molar-refractivity contribution in [3.63, 3.8) is 0 Å². The number of amides is 1. The molecule has 0 bridgehead atoms. The summed E-state index contributed by atoms with van der Waals surface area (Å²) in [4.78, 5) is 44.0. The van der Waals surface area contributed by atoms with Gasteiger partial charge in [-0.15, -0.1) is 0 Å². The van der Waals surface area contributed by atoms with E-state index in [0.29, 0.717) is 29.8 Å². The van der Waals surface area contributed by atoms with Crippen molar-refractivity contribution < 1.29 is 19.2 Å². The van der Waals surface area contributed by atoms with Gasteiger partial charge in [0.1, 0.15) is 11.9 Å². The van der Waals surface area contributed by atoms with E-state index < -0.39 is 16.9 Å². The Kier molecular flexibility index (Phi) is 5.08. The fraction of sp³-hybridized carbons (Fsp3) is 0.348. The molecule has 3 aliphatic rings. The molecule has 4 unspecified atom stereocenters. The summed E-state index contributed by atoms with van der Waals surface area (Å²) in [5, 5.41) is 11.1. The number of nitro groups is 1. The average Bonchev–Trinajstić information content (AvgIpc) is 3.07. The second-order valence-corrected chi connectivity index (χ2v) is 9.64. The van der Waals surface area contributed by atoms with Crippen LogP contribution in [-0.2, 0) is 14.3 Å². The molecule has 1 aliphatic carbocycles. The molecule has 1 saturated carbocycles. The highest BCUT2D eigenvalue weighted by atomic mass is 79.9. The number of pyridine rings is 1. The highest BCUT2D eigenvalue weighted by Crippen LogP contribution is 2.48. The molecule has 8 nitrogen and oxygen atoms in total. The van der Waals surface area contributed by atoms with Crippen LogP contribution in [0.4, 0.5) is 11.5 Å². The zero-order chi connectivity index (χ0) is 22.6. The average molecular weight is 498 g/mol. The summed E-state index contributed by atoms with van der Waals surface area (Å²) < 4.78 is 6.15. The minimum atomic E-state index is -0.753. The first-order valence-electron chi connectivity index (χ1n) is 10.5. The SMILES string of the molecule is Cc1cccc(N2C(=O)C3=C(C(=O)C4CC(Br)CCC4O3)C2c2ccc([N+](=O)[O-])cc2)n1. The van der Waals surface area contributed by atoms with Gasteiger partial charge < -0.3 is 4.74 Å². The van der Waals surface area contributed by atoms with Crippen LogP contribution < -0.4 is 4.90 Å². The summed E-state index contributed by atoms with van der Waals surface area (Å²) in [7, 11) is 0. The number of hydrogen-bond donors (Lipinski definition) is 0. The van der Waals surface area contributed by atoms with E-state index in [-0.39, 0.29) is 34.1 Å². The molecule has 32 heavy (non-hydrogen) atoms. The van der Waals surface area contributed by atoms with E-state index in [1.54, 1.807) is 24.3 Å². The molecule has 1 amide bonds. The van der Waals surface area contributed by atoms with Crippen molar-refractivity contribution in [1.29, 1.82) is 0 Å². The van der Waals surface area contributed by atoms with Gasteiger partial charge in [0.05, 0.1) is 22.5 Å². The predicted octanol–water partition coefficient (Wildman–Crippen LogP) is 4.17. The Morgan fingerprint density at radius 3 is 2.59 bits per heavy atom. The molecule has 1 aromatic heterocycles. The van der Waals surface area contributed by atoms with E-state index >= 15 is 0 Å². The number of nitro benzene ring substituents is 1. The van der Waals surface area contributed by atoms with Crippen LogP contribution >= 0.6 is 15.9 Å². The lowest BCUT2D eigenvalue weighted by Gasteiger charge is -2.37. The van der Waals surface area contributed by atoms with Crippen molar-refractivity contribution in [2.24, 2.45) is 5.92 Å². The number of carbonyl (C=O) groups excluding carboxylic acids is 2. The predicted molar refractivity (Wildman–Crippen MR) is 119 cm³/mol. The van der Waals surface area contributed by atoms with Crippen LogP contribution in [0.5, 0.6) is 0 Å². The van der Waals surface area contributed by atoms with Gasteiger partial charge in [-0.25, -0.2) is 4.98 Å². The maximum absolute atomic E-state index is 13.7. The fourth-order valence-electron chi connectivity index (χ4n) is 4.81. The second-order valence-electron chi connectivity index (χ2n) is 8.34. The van der Waals surface area contributed by atoms with E-state index in [9.17, 15) is 19.7 Å². The van der Waals surface area contributed by atoms with Crippen molar-refractivity contribution in [1.82, 2.24) is 4.98 Å². The maximum atomic E-state index is 13.7. The number of aryl methyl sites for hydroxylation is 1. The molecular formula is C23H20BrN3O5. The first kappa shape index (κ1) is 20.8. The van der Waals surface area contributed by atoms with Crippen LogP contribution in [0.1, 0.15) is 36.6 Å². The lowest BCUT2D eigenvalue weighted by atomic mass is 9.77. The van der Waals surface area contributed by atoms with Gasteiger partial charge in [-0.05, 0) is 56.0 Å². The third kappa shape index (κ3) is 3.31. The number of ketones is 1. The van der Waals surface area contributed by atoms with Crippen molar-refractivity contribution >= 4 is 39.1 Å². The van der Waals surface area contributed by atoms with Crippen LogP contribution in [0.15, 0.2) is 53.8 Å². The number of Topliss-reactive ketones (excluding diaryl/α,β-unsaturated/α-hetero) is 1. The lowest BCUT2D eigenvalue weighted by molar-refractivity contribution is -0.384. The van der Waals surface area contributed by atoms with E-state index in [2.05, 4.69) is 20.9 Å². The van der Waals surface area contributed by atoms with Gasteiger partial charge in [-0.3, -0.25) is 24.6 Å². The number of fused-ring (bicyclic) bond motifs is 1. The number of anilines is 1. The van der Waals surface area contributed by atoms with Crippen molar-refractivity contribution in [2.45, 2.75) is 43.2 Å². The van der Waals surface area contributed by atoms with Gasteiger partial charge in [0.25, 0.3) is 11.6 Å². The van der Waals surface area contributed by atoms with Crippen molar-refractivity contribution in [3.05, 3.63) is 75.2 Å². The van der Waals surface area contributed by atoms with Crippen LogP contribution in [0, 0.1) is 23.0 Å². The molecule has 2 aliphatic heterocycles. The summed E-state index contributed by atoms with van der Waals surface area (Å²) in [5.41, 5.74) is 1.58. The van der Waals surface area contributed by atoms with Crippen LogP contribution in [0.3, 0.4) is 0 Å². The third-order valence-corrected chi connectivity index (χ3v) is 7.16. The molecule has 2 aromatic rings. The van der Waals surface area contributed by atoms with E-state index in [4.69, 9.17) is 4.74 Å². The Morgan fingerprint density at radius 1 is 1.16 bits per heavy atom. The minimum Gasteiger partial charge on any atom is -0.483 e. The number of halogens is 1. The van der Waals surface area contributed by atoms with Gasteiger partial charge >= 0.3 is 0 Å². The van der Waals surface area contributed by atoms with Crippen LogP contribution in [0.25, 0.3) is 0 Å². The first-order valence-corrected chi connectivity index (χ1v) is 11.4. The van der Waals surface area contributed by atoms with Crippen LogP contribution in [0.2, 0.25) is 0 Å². The summed E-state index contributed by atoms with van der Waals surface area (Å²) >= 11 is 3.63. The molecule has 9 heteroatoms. The first-order chi connectivity index (χ1) is 15.3.